The minimum Gasteiger partial charge on any atom is -0.325 e. The van der Waals surface area contributed by atoms with Crippen LogP contribution >= 0.6 is 0 Å². The monoisotopic (exact) mass is 297 g/mol. The van der Waals surface area contributed by atoms with Crippen LogP contribution in [-0.4, -0.2) is 32.2 Å². The van der Waals surface area contributed by atoms with E-state index in [-0.39, 0.29) is 11.7 Å². The van der Waals surface area contributed by atoms with E-state index in [1.807, 2.05) is 0 Å². The zero-order chi connectivity index (χ0) is 15.0. The van der Waals surface area contributed by atoms with Gasteiger partial charge in [-0.25, -0.2) is 8.42 Å². The van der Waals surface area contributed by atoms with Crippen LogP contribution in [0.2, 0.25) is 0 Å². The third kappa shape index (κ3) is 3.10. The second-order valence-electron chi connectivity index (χ2n) is 5.46. The quantitative estimate of drug-likeness (QED) is 0.867. The second-order valence-corrected chi connectivity index (χ2v) is 7.48. The first-order chi connectivity index (χ1) is 9.20. The molecule has 110 valence electrons. The van der Waals surface area contributed by atoms with Crippen molar-refractivity contribution >= 4 is 27.3 Å². The van der Waals surface area contributed by atoms with Crippen molar-refractivity contribution in [1.29, 1.82) is 0 Å². The number of nitrogens with one attached hydrogen (secondary N) is 1. The molecule has 1 aromatic carbocycles. The Balaban J connectivity index is 2.13. The first kappa shape index (κ1) is 14.8. The topological polar surface area (TPSA) is 92.5 Å². The number of nitrogens with zero attached hydrogens (tertiary/aromatic N) is 1. The normalized spacial score (nSPS) is 18.1. The SMILES string of the molecule is CC(C)(N)C(=O)Nc1ccc(N2CCCS2(=O)=O)cc1. The molecule has 0 atom stereocenters. The van der Waals surface area contributed by atoms with Gasteiger partial charge in [-0.2, -0.15) is 0 Å². The lowest BCUT2D eigenvalue weighted by atomic mass is 10.1. The van der Waals surface area contributed by atoms with Gasteiger partial charge in [0.05, 0.1) is 17.0 Å². The Hall–Kier alpha value is -1.60. The van der Waals surface area contributed by atoms with E-state index in [0.717, 1.165) is 0 Å². The van der Waals surface area contributed by atoms with E-state index in [1.54, 1.807) is 38.1 Å². The number of sulfonamides is 1. The first-order valence-electron chi connectivity index (χ1n) is 6.41. The molecule has 1 aliphatic rings. The number of hydrogen-bond donors (Lipinski definition) is 2. The molecule has 0 spiro atoms. The molecule has 0 saturated carbocycles. The summed E-state index contributed by atoms with van der Waals surface area (Å²) in [6.45, 7) is 3.74. The maximum Gasteiger partial charge on any atom is 0.243 e. The number of benzene rings is 1. The van der Waals surface area contributed by atoms with E-state index in [0.29, 0.717) is 24.3 Å². The Labute approximate surface area is 119 Å². The van der Waals surface area contributed by atoms with Gasteiger partial charge in [-0.1, -0.05) is 0 Å². The van der Waals surface area contributed by atoms with Gasteiger partial charge >= 0.3 is 0 Å². The maximum absolute atomic E-state index is 11.8. The fourth-order valence-corrected chi connectivity index (χ4v) is 3.50. The number of amides is 1. The average molecular weight is 297 g/mol. The Morgan fingerprint density at radius 3 is 2.35 bits per heavy atom. The van der Waals surface area contributed by atoms with Crippen molar-refractivity contribution in [2.75, 3.05) is 21.9 Å². The summed E-state index contributed by atoms with van der Waals surface area (Å²) >= 11 is 0. The van der Waals surface area contributed by atoms with Crippen molar-refractivity contribution in [3.05, 3.63) is 24.3 Å². The highest BCUT2D eigenvalue weighted by Crippen LogP contribution is 2.25. The lowest BCUT2D eigenvalue weighted by Crippen LogP contribution is -2.45. The van der Waals surface area contributed by atoms with Crippen molar-refractivity contribution in [3.63, 3.8) is 0 Å². The van der Waals surface area contributed by atoms with Crippen LogP contribution in [0.3, 0.4) is 0 Å². The van der Waals surface area contributed by atoms with Gasteiger partial charge in [0, 0.05) is 12.2 Å². The largest absolute Gasteiger partial charge is 0.325 e. The van der Waals surface area contributed by atoms with Crippen LogP contribution in [0.4, 0.5) is 11.4 Å². The minimum atomic E-state index is -3.17. The fraction of sp³-hybridized carbons (Fsp3) is 0.462. The minimum absolute atomic E-state index is 0.187. The number of hydrogen-bond acceptors (Lipinski definition) is 4. The number of nitrogens with two attached hydrogens (primary N) is 1. The van der Waals surface area contributed by atoms with Gasteiger partial charge in [0.2, 0.25) is 15.9 Å². The Kier molecular flexibility index (Phi) is 3.75. The Bertz CT molecular complexity index is 603. The van der Waals surface area contributed by atoms with Crippen LogP contribution in [0, 0.1) is 0 Å². The highest BCUT2D eigenvalue weighted by atomic mass is 32.2. The molecule has 7 heteroatoms. The van der Waals surface area contributed by atoms with Crippen molar-refractivity contribution < 1.29 is 13.2 Å². The summed E-state index contributed by atoms with van der Waals surface area (Å²) in [7, 11) is -3.17. The first-order valence-corrected chi connectivity index (χ1v) is 8.02. The van der Waals surface area contributed by atoms with Crippen LogP contribution < -0.4 is 15.4 Å². The molecule has 0 radical (unpaired) electrons. The van der Waals surface area contributed by atoms with Crippen LogP contribution in [0.5, 0.6) is 0 Å². The molecule has 1 amide bonds. The lowest BCUT2D eigenvalue weighted by Gasteiger charge is -2.19. The van der Waals surface area contributed by atoms with Crippen molar-refractivity contribution in [3.8, 4) is 0 Å². The van der Waals surface area contributed by atoms with Gasteiger partial charge in [0.25, 0.3) is 0 Å². The van der Waals surface area contributed by atoms with E-state index in [1.165, 1.54) is 4.31 Å². The Morgan fingerprint density at radius 1 is 1.30 bits per heavy atom. The molecule has 0 unspecified atom stereocenters. The summed E-state index contributed by atoms with van der Waals surface area (Å²) < 4.78 is 25.0. The number of anilines is 2. The summed E-state index contributed by atoms with van der Waals surface area (Å²) in [5.41, 5.74) is 5.94. The molecular weight excluding hydrogens is 278 g/mol. The van der Waals surface area contributed by atoms with Crippen LogP contribution in [0.1, 0.15) is 20.3 Å². The highest BCUT2D eigenvalue weighted by molar-refractivity contribution is 7.93. The molecule has 1 fully saturated rings. The van der Waals surface area contributed by atoms with Crippen LogP contribution in [0.15, 0.2) is 24.3 Å². The fourth-order valence-electron chi connectivity index (χ4n) is 1.93. The standard InChI is InChI=1S/C13H19N3O3S/c1-13(2,14)12(17)15-10-4-6-11(7-5-10)16-8-3-9-20(16,18)19/h4-7H,3,8-9,14H2,1-2H3,(H,15,17). The number of carbonyl (C=O) groups is 1. The van der Waals surface area contributed by atoms with Gasteiger partial charge in [-0.05, 0) is 44.5 Å². The molecule has 6 nitrogen and oxygen atoms in total. The summed E-state index contributed by atoms with van der Waals surface area (Å²) in [5.74, 6) is -0.105. The summed E-state index contributed by atoms with van der Waals surface area (Å²) in [5, 5.41) is 2.69. The second kappa shape index (κ2) is 5.06. The van der Waals surface area contributed by atoms with E-state index < -0.39 is 15.6 Å². The predicted molar refractivity (Wildman–Crippen MR) is 79.1 cm³/mol. The average Bonchev–Trinajstić information content (AvgIpc) is 2.69. The number of carbonyl (C=O) groups excluding carboxylic acids is 1. The molecule has 1 aliphatic heterocycles. The van der Waals surface area contributed by atoms with Gasteiger partial charge in [-0.3, -0.25) is 9.10 Å². The van der Waals surface area contributed by atoms with Crippen molar-refractivity contribution in [1.82, 2.24) is 0 Å². The highest BCUT2D eigenvalue weighted by Gasteiger charge is 2.28. The van der Waals surface area contributed by atoms with Crippen molar-refractivity contribution in [2.24, 2.45) is 5.73 Å². The molecule has 0 aliphatic carbocycles. The van der Waals surface area contributed by atoms with E-state index >= 15 is 0 Å². The van der Waals surface area contributed by atoms with Gasteiger partial charge in [0.15, 0.2) is 0 Å². The van der Waals surface area contributed by atoms with Gasteiger partial charge in [0.1, 0.15) is 0 Å². The molecular formula is C13H19N3O3S. The molecule has 3 N–H and O–H groups in total. The smallest absolute Gasteiger partial charge is 0.243 e. The zero-order valence-electron chi connectivity index (χ0n) is 11.6. The lowest BCUT2D eigenvalue weighted by molar-refractivity contribution is -0.120. The zero-order valence-corrected chi connectivity index (χ0v) is 12.4. The molecule has 1 aromatic rings. The maximum atomic E-state index is 11.8. The van der Waals surface area contributed by atoms with E-state index in [4.69, 9.17) is 5.73 Å². The van der Waals surface area contributed by atoms with Crippen molar-refractivity contribution in [2.45, 2.75) is 25.8 Å². The van der Waals surface area contributed by atoms with Gasteiger partial charge in [-0.15, -0.1) is 0 Å². The Morgan fingerprint density at radius 2 is 1.90 bits per heavy atom. The summed E-state index contributed by atoms with van der Waals surface area (Å²) in [4.78, 5) is 11.7. The number of rotatable bonds is 3. The molecule has 0 bridgehead atoms. The predicted octanol–water partition coefficient (Wildman–Crippen LogP) is 0.902. The summed E-state index contributed by atoms with van der Waals surface area (Å²) in [6, 6.07) is 6.71. The van der Waals surface area contributed by atoms with Gasteiger partial charge < -0.3 is 11.1 Å². The molecule has 2 rings (SSSR count). The van der Waals surface area contributed by atoms with E-state index in [2.05, 4.69) is 5.32 Å². The molecule has 0 aromatic heterocycles. The van der Waals surface area contributed by atoms with E-state index in [9.17, 15) is 13.2 Å². The third-order valence-corrected chi connectivity index (χ3v) is 4.97. The third-order valence-electron chi connectivity index (χ3n) is 3.10. The van der Waals surface area contributed by atoms with Crippen LogP contribution in [0.25, 0.3) is 0 Å². The molecule has 1 heterocycles. The molecule has 1 saturated heterocycles. The van der Waals surface area contributed by atoms with Crippen LogP contribution in [-0.2, 0) is 14.8 Å². The molecule has 20 heavy (non-hydrogen) atoms. The summed E-state index contributed by atoms with van der Waals surface area (Å²) in [6.07, 6.45) is 0.641.